The molecule has 0 atom stereocenters. The first-order chi connectivity index (χ1) is 8.65. The normalized spacial score (nSPS) is 10.0. The highest BCUT2D eigenvalue weighted by Crippen LogP contribution is 2.11. The van der Waals surface area contributed by atoms with Crippen LogP contribution in [0.5, 0.6) is 0 Å². The van der Waals surface area contributed by atoms with Gasteiger partial charge in [0, 0.05) is 6.20 Å². The third-order valence-electron chi connectivity index (χ3n) is 2.21. The molecule has 1 amide bonds. The number of anilines is 1. The largest absolute Gasteiger partial charge is 0.478 e. The Bertz CT molecular complexity index is 566. The molecule has 18 heavy (non-hydrogen) atoms. The predicted molar refractivity (Wildman–Crippen MR) is 67.8 cm³/mol. The quantitative estimate of drug-likeness (QED) is 0.883. The van der Waals surface area contributed by atoms with E-state index >= 15 is 0 Å². The summed E-state index contributed by atoms with van der Waals surface area (Å²) in [5, 5.41) is 15.2. The average Bonchev–Trinajstić information content (AvgIpc) is 2.82. The standard InChI is InChI=1S/C12H10N2O3S/c15-11(3-8-1-2-18-7-8)14-10-4-9(12(16)17)5-13-6-10/h1-2,4-7H,3H2,(H,14,15)(H,16,17). The molecule has 5 nitrogen and oxygen atoms in total. The van der Waals surface area contributed by atoms with Gasteiger partial charge in [0.2, 0.25) is 5.91 Å². The Morgan fingerprint density at radius 1 is 1.39 bits per heavy atom. The van der Waals surface area contributed by atoms with Gasteiger partial charge in [0.1, 0.15) is 0 Å². The van der Waals surface area contributed by atoms with Crippen LogP contribution in [0.2, 0.25) is 0 Å². The van der Waals surface area contributed by atoms with Crippen LogP contribution in [0, 0.1) is 0 Å². The molecular formula is C12H10N2O3S. The molecule has 0 aliphatic carbocycles. The molecule has 2 aromatic heterocycles. The van der Waals surface area contributed by atoms with E-state index < -0.39 is 5.97 Å². The number of rotatable bonds is 4. The van der Waals surface area contributed by atoms with Crippen LogP contribution in [0.4, 0.5) is 5.69 Å². The highest BCUT2D eigenvalue weighted by Gasteiger charge is 2.07. The summed E-state index contributed by atoms with van der Waals surface area (Å²) in [4.78, 5) is 26.2. The third-order valence-corrected chi connectivity index (χ3v) is 2.95. The number of carbonyl (C=O) groups excluding carboxylic acids is 1. The second-order valence-corrected chi connectivity index (χ2v) is 4.40. The summed E-state index contributed by atoms with van der Waals surface area (Å²) in [6.45, 7) is 0. The lowest BCUT2D eigenvalue weighted by Gasteiger charge is -2.04. The fourth-order valence-electron chi connectivity index (χ4n) is 1.41. The SMILES string of the molecule is O=C(Cc1ccsc1)Nc1cncc(C(=O)O)c1. The van der Waals surface area contributed by atoms with E-state index in [0.29, 0.717) is 5.69 Å². The molecule has 0 saturated heterocycles. The van der Waals surface area contributed by atoms with E-state index in [1.54, 1.807) is 0 Å². The van der Waals surface area contributed by atoms with E-state index in [4.69, 9.17) is 5.11 Å². The maximum Gasteiger partial charge on any atom is 0.337 e. The monoisotopic (exact) mass is 262 g/mol. The highest BCUT2D eigenvalue weighted by atomic mass is 32.1. The number of aromatic nitrogens is 1. The van der Waals surface area contributed by atoms with Gasteiger partial charge >= 0.3 is 5.97 Å². The number of carbonyl (C=O) groups is 2. The number of aromatic carboxylic acids is 1. The number of hydrogen-bond acceptors (Lipinski definition) is 4. The van der Waals surface area contributed by atoms with Crippen LogP contribution in [-0.4, -0.2) is 22.0 Å². The van der Waals surface area contributed by atoms with Gasteiger partial charge in [-0.2, -0.15) is 11.3 Å². The van der Waals surface area contributed by atoms with Crippen molar-refractivity contribution in [3.05, 3.63) is 46.4 Å². The summed E-state index contributed by atoms with van der Waals surface area (Å²) >= 11 is 1.52. The Labute approximate surface area is 107 Å². The molecule has 0 aliphatic rings. The van der Waals surface area contributed by atoms with Crippen molar-refractivity contribution in [2.24, 2.45) is 0 Å². The van der Waals surface area contributed by atoms with Gasteiger partial charge in [-0.05, 0) is 28.5 Å². The van der Waals surface area contributed by atoms with Crippen molar-refractivity contribution in [3.63, 3.8) is 0 Å². The molecule has 0 aliphatic heterocycles. The molecule has 2 aromatic rings. The molecule has 2 rings (SSSR count). The van der Waals surface area contributed by atoms with Crippen molar-refractivity contribution in [2.75, 3.05) is 5.32 Å². The molecule has 92 valence electrons. The van der Waals surface area contributed by atoms with E-state index in [1.807, 2.05) is 16.8 Å². The van der Waals surface area contributed by atoms with Gasteiger partial charge in [0.15, 0.2) is 0 Å². The Hall–Kier alpha value is -2.21. The molecule has 2 N–H and O–H groups in total. The van der Waals surface area contributed by atoms with Crippen LogP contribution >= 0.6 is 11.3 Å². The molecule has 0 saturated carbocycles. The number of carboxylic acids is 1. The summed E-state index contributed by atoms with van der Waals surface area (Å²) < 4.78 is 0. The van der Waals surface area contributed by atoms with Crippen LogP contribution in [-0.2, 0) is 11.2 Å². The topological polar surface area (TPSA) is 79.3 Å². The lowest BCUT2D eigenvalue weighted by molar-refractivity contribution is -0.115. The molecular weight excluding hydrogens is 252 g/mol. The smallest absolute Gasteiger partial charge is 0.337 e. The Morgan fingerprint density at radius 3 is 2.89 bits per heavy atom. The minimum atomic E-state index is -1.07. The van der Waals surface area contributed by atoms with Gasteiger partial charge in [-0.3, -0.25) is 9.78 Å². The van der Waals surface area contributed by atoms with Crippen molar-refractivity contribution in [1.82, 2.24) is 4.98 Å². The van der Waals surface area contributed by atoms with E-state index in [1.165, 1.54) is 29.8 Å². The number of nitrogens with zero attached hydrogens (tertiary/aromatic N) is 1. The molecule has 6 heteroatoms. The lowest BCUT2D eigenvalue weighted by atomic mass is 10.2. The number of nitrogens with one attached hydrogen (secondary N) is 1. The van der Waals surface area contributed by atoms with Crippen molar-refractivity contribution < 1.29 is 14.7 Å². The van der Waals surface area contributed by atoms with Crippen LogP contribution in [0.3, 0.4) is 0 Å². The first-order valence-corrected chi connectivity index (χ1v) is 6.08. The van der Waals surface area contributed by atoms with E-state index in [-0.39, 0.29) is 17.9 Å². The van der Waals surface area contributed by atoms with Crippen molar-refractivity contribution >= 4 is 28.9 Å². The third kappa shape index (κ3) is 3.14. The van der Waals surface area contributed by atoms with Gasteiger partial charge < -0.3 is 10.4 Å². The Balaban J connectivity index is 2.03. The number of amides is 1. The molecule has 2 heterocycles. The zero-order chi connectivity index (χ0) is 13.0. The average molecular weight is 262 g/mol. The fourth-order valence-corrected chi connectivity index (χ4v) is 2.08. The molecule has 0 fully saturated rings. The van der Waals surface area contributed by atoms with Gasteiger partial charge in [0.25, 0.3) is 0 Å². The second-order valence-electron chi connectivity index (χ2n) is 3.62. The second kappa shape index (κ2) is 5.42. The lowest BCUT2D eigenvalue weighted by Crippen LogP contribution is -2.14. The van der Waals surface area contributed by atoms with Crippen molar-refractivity contribution in [1.29, 1.82) is 0 Å². The van der Waals surface area contributed by atoms with Crippen LogP contribution in [0.15, 0.2) is 35.3 Å². The van der Waals surface area contributed by atoms with Crippen LogP contribution < -0.4 is 5.32 Å². The van der Waals surface area contributed by atoms with Gasteiger partial charge in [0.05, 0.1) is 23.9 Å². The number of pyridine rings is 1. The van der Waals surface area contributed by atoms with E-state index in [0.717, 1.165) is 5.56 Å². The number of hydrogen-bond donors (Lipinski definition) is 2. The first kappa shape index (κ1) is 12.3. The summed E-state index contributed by atoms with van der Waals surface area (Å²) in [5.74, 6) is -1.27. The summed E-state index contributed by atoms with van der Waals surface area (Å²) in [7, 11) is 0. The van der Waals surface area contributed by atoms with Crippen molar-refractivity contribution in [2.45, 2.75) is 6.42 Å². The van der Waals surface area contributed by atoms with Crippen LogP contribution in [0.1, 0.15) is 15.9 Å². The molecule has 0 bridgehead atoms. The Morgan fingerprint density at radius 2 is 2.22 bits per heavy atom. The van der Waals surface area contributed by atoms with Gasteiger partial charge in [-0.1, -0.05) is 0 Å². The van der Waals surface area contributed by atoms with Gasteiger partial charge in [-0.15, -0.1) is 0 Å². The number of carboxylic acid groups (broad SMARTS) is 1. The first-order valence-electron chi connectivity index (χ1n) is 5.14. The molecule has 0 aromatic carbocycles. The minimum absolute atomic E-state index is 0.0448. The highest BCUT2D eigenvalue weighted by molar-refractivity contribution is 7.08. The molecule has 0 radical (unpaired) electrons. The zero-order valence-corrected chi connectivity index (χ0v) is 10.1. The van der Waals surface area contributed by atoms with Gasteiger partial charge in [-0.25, -0.2) is 4.79 Å². The summed E-state index contributed by atoms with van der Waals surface area (Å²) in [5.41, 5.74) is 1.36. The number of thiophene rings is 1. The van der Waals surface area contributed by atoms with Crippen molar-refractivity contribution in [3.8, 4) is 0 Å². The summed E-state index contributed by atoms with van der Waals surface area (Å²) in [6, 6.07) is 3.25. The molecule has 0 unspecified atom stereocenters. The maximum absolute atomic E-state index is 11.7. The predicted octanol–water partition coefficient (Wildman–Crippen LogP) is 2.02. The van der Waals surface area contributed by atoms with E-state index in [9.17, 15) is 9.59 Å². The minimum Gasteiger partial charge on any atom is -0.478 e. The van der Waals surface area contributed by atoms with E-state index in [2.05, 4.69) is 10.3 Å². The Kier molecular flexibility index (Phi) is 3.69. The zero-order valence-electron chi connectivity index (χ0n) is 9.29. The molecule has 0 spiro atoms. The van der Waals surface area contributed by atoms with Crippen LogP contribution in [0.25, 0.3) is 0 Å². The maximum atomic E-state index is 11.7. The summed E-state index contributed by atoms with van der Waals surface area (Å²) in [6.07, 6.45) is 2.91. The fraction of sp³-hybridized carbons (Fsp3) is 0.0833.